The molecule has 0 spiro atoms. The van der Waals surface area contributed by atoms with Gasteiger partial charge in [-0.05, 0) is 13.8 Å². The van der Waals surface area contributed by atoms with Gasteiger partial charge >= 0.3 is 0 Å². The second-order valence-corrected chi connectivity index (χ2v) is 4.70. The molecule has 1 atom stereocenters. The lowest BCUT2D eigenvalue weighted by Crippen LogP contribution is -2.48. The summed E-state index contributed by atoms with van der Waals surface area (Å²) >= 11 is 5.95. The second-order valence-electron chi connectivity index (χ2n) is 4.29. The van der Waals surface area contributed by atoms with Crippen molar-refractivity contribution in [2.24, 2.45) is 0 Å². The van der Waals surface area contributed by atoms with Crippen LogP contribution in [0.4, 0.5) is 0 Å². The Morgan fingerprint density at radius 3 is 2.71 bits per heavy atom. The molecule has 5 nitrogen and oxygen atoms in total. The average molecular weight is 257 g/mol. The molecule has 1 saturated heterocycles. The van der Waals surface area contributed by atoms with Gasteiger partial charge in [0.2, 0.25) is 5.91 Å². The molecule has 0 radical (unpaired) electrons. The van der Waals surface area contributed by atoms with Crippen molar-refractivity contribution >= 4 is 17.5 Å². The molecule has 1 amide bonds. The summed E-state index contributed by atoms with van der Waals surface area (Å²) in [6.45, 7) is 6.93. The summed E-state index contributed by atoms with van der Waals surface area (Å²) in [6.07, 6.45) is 1.71. The molecular weight excluding hydrogens is 240 g/mol. The van der Waals surface area contributed by atoms with E-state index in [2.05, 4.69) is 10.4 Å². The molecule has 1 aromatic heterocycles. The molecular formula is C11H17ClN4O. The highest BCUT2D eigenvalue weighted by atomic mass is 35.5. The first-order valence-corrected chi connectivity index (χ1v) is 6.18. The molecule has 6 heteroatoms. The van der Waals surface area contributed by atoms with Crippen LogP contribution >= 0.6 is 11.6 Å². The minimum atomic E-state index is -0.292. The topological polar surface area (TPSA) is 50.2 Å². The van der Waals surface area contributed by atoms with Gasteiger partial charge in [0.05, 0.1) is 10.7 Å². The van der Waals surface area contributed by atoms with Crippen LogP contribution in [0.1, 0.15) is 18.7 Å². The number of nitrogens with zero attached hydrogens (tertiary/aromatic N) is 3. The number of nitrogens with one attached hydrogen (secondary N) is 1. The van der Waals surface area contributed by atoms with E-state index < -0.39 is 0 Å². The number of piperazine rings is 1. The van der Waals surface area contributed by atoms with Crippen LogP contribution in [0.25, 0.3) is 0 Å². The fourth-order valence-electron chi connectivity index (χ4n) is 1.92. The zero-order chi connectivity index (χ0) is 12.4. The first kappa shape index (κ1) is 12.4. The maximum absolute atomic E-state index is 12.2. The zero-order valence-electron chi connectivity index (χ0n) is 10.1. The van der Waals surface area contributed by atoms with E-state index in [-0.39, 0.29) is 11.9 Å². The van der Waals surface area contributed by atoms with E-state index in [1.165, 1.54) is 0 Å². The van der Waals surface area contributed by atoms with E-state index in [1.54, 1.807) is 10.9 Å². The number of carbonyl (C=O) groups is 1. The Morgan fingerprint density at radius 1 is 1.53 bits per heavy atom. The van der Waals surface area contributed by atoms with Crippen LogP contribution in [0.5, 0.6) is 0 Å². The van der Waals surface area contributed by atoms with Crippen LogP contribution in [-0.4, -0.2) is 46.8 Å². The van der Waals surface area contributed by atoms with E-state index in [0.717, 1.165) is 31.9 Å². The monoisotopic (exact) mass is 256 g/mol. The quantitative estimate of drug-likeness (QED) is 0.853. The van der Waals surface area contributed by atoms with E-state index in [0.29, 0.717) is 5.02 Å². The number of amides is 1. The largest absolute Gasteiger partial charge is 0.338 e. The van der Waals surface area contributed by atoms with Crippen LogP contribution in [0.2, 0.25) is 5.02 Å². The summed E-state index contributed by atoms with van der Waals surface area (Å²) < 4.78 is 1.64. The molecule has 2 rings (SSSR count). The average Bonchev–Trinajstić information content (AvgIpc) is 2.69. The number of hydrogen-bond donors (Lipinski definition) is 1. The minimum Gasteiger partial charge on any atom is -0.338 e. The second kappa shape index (κ2) is 5.06. The number of aromatic nitrogens is 2. The van der Waals surface area contributed by atoms with Gasteiger partial charge < -0.3 is 10.2 Å². The summed E-state index contributed by atoms with van der Waals surface area (Å²) in [5, 5.41) is 8.07. The van der Waals surface area contributed by atoms with E-state index in [9.17, 15) is 4.79 Å². The molecule has 2 heterocycles. The molecule has 1 N–H and O–H groups in total. The van der Waals surface area contributed by atoms with Crippen molar-refractivity contribution in [2.45, 2.75) is 19.9 Å². The molecule has 1 aliphatic rings. The van der Waals surface area contributed by atoms with Gasteiger partial charge in [0, 0.05) is 32.4 Å². The van der Waals surface area contributed by atoms with Crippen LogP contribution in [0.3, 0.4) is 0 Å². The van der Waals surface area contributed by atoms with Gasteiger partial charge in [-0.3, -0.25) is 9.48 Å². The number of hydrogen-bond acceptors (Lipinski definition) is 3. The molecule has 17 heavy (non-hydrogen) atoms. The third kappa shape index (κ3) is 2.61. The van der Waals surface area contributed by atoms with Gasteiger partial charge in [-0.2, -0.15) is 5.10 Å². The fraction of sp³-hybridized carbons (Fsp3) is 0.636. The Bertz CT molecular complexity index is 392. The highest BCUT2D eigenvalue weighted by molar-refractivity contribution is 6.31. The summed E-state index contributed by atoms with van der Waals surface area (Å²) in [5.41, 5.74) is 0.756. The SMILES string of the molecule is Cc1nn(C(C)C(=O)N2CCNCC2)cc1Cl. The Balaban J connectivity index is 2.08. The van der Waals surface area contributed by atoms with Crippen molar-refractivity contribution in [1.82, 2.24) is 20.0 Å². The molecule has 94 valence electrons. The molecule has 1 aliphatic heterocycles. The molecule has 0 saturated carbocycles. The normalized spacial score (nSPS) is 18.2. The summed E-state index contributed by atoms with van der Waals surface area (Å²) in [5.74, 6) is 0.102. The van der Waals surface area contributed by atoms with Gasteiger partial charge in [-0.25, -0.2) is 0 Å². The van der Waals surface area contributed by atoms with Crippen molar-refractivity contribution in [3.8, 4) is 0 Å². The Kier molecular flexibility index (Phi) is 3.69. The molecule has 1 fully saturated rings. The van der Waals surface area contributed by atoms with Gasteiger partial charge in [0.1, 0.15) is 6.04 Å². The smallest absolute Gasteiger partial charge is 0.247 e. The van der Waals surface area contributed by atoms with Gasteiger partial charge in [0.15, 0.2) is 0 Å². The number of rotatable bonds is 2. The maximum atomic E-state index is 12.2. The fourth-order valence-corrected chi connectivity index (χ4v) is 2.06. The van der Waals surface area contributed by atoms with Gasteiger partial charge in [-0.1, -0.05) is 11.6 Å². The molecule has 0 aliphatic carbocycles. The van der Waals surface area contributed by atoms with Crippen molar-refractivity contribution in [1.29, 1.82) is 0 Å². The van der Waals surface area contributed by atoms with E-state index >= 15 is 0 Å². The maximum Gasteiger partial charge on any atom is 0.247 e. The van der Waals surface area contributed by atoms with Gasteiger partial charge in [0.25, 0.3) is 0 Å². The van der Waals surface area contributed by atoms with Gasteiger partial charge in [-0.15, -0.1) is 0 Å². The standard InChI is InChI=1S/C11H17ClN4O/c1-8-10(12)7-16(14-8)9(2)11(17)15-5-3-13-4-6-15/h7,9,13H,3-6H2,1-2H3. The van der Waals surface area contributed by atoms with Crippen LogP contribution in [0, 0.1) is 6.92 Å². The number of aryl methyl sites for hydroxylation is 1. The minimum absolute atomic E-state index is 0.102. The number of carbonyl (C=O) groups excluding carboxylic acids is 1. The molecule has 0 aromatic carbocycles. The van der Waals surface area contributed by atoms with E-state index in [1.807, 2.05) is 18.7 Å². The van der Waals surface area contributed by atoms with Crippen LogP contribution < -0.4 is 5.32 Å². The predicted octanol–water partition coefficient (Wildman–Crippen LogP) is 0.838. The third-order valence-corrected chi connectivity index (χ3v) is 3.41. The Morgan fingerprint density at radius 2 is 2.18 bits per heavy atom. The third-order valence-electron chi connectivity index (χ3n) is 3.04. The predicted molar refractivity (Wildman–Crippen MR) is 66.1 cm³/mol. The van der Waals surface area contributed by atoms with Crippen molar-refractivity contribution in [3.05, 3.63) is 16.9 Å². The molecule has 0 bridgehead atoms. The Hall–Kier alpha value is -1.07. The van der Waals surface area contributed by atoms with Crippen LogP contribution in [-0.2, 0) is 4.79 Å². The Labute approximate surface area is 106 Å². The molecule has 1 unspecified atom stereocenters. The molecule has 1 aromatic rings. The zero-order valence-corrected chi connectivity index (χ0v) is 10.9. The number of halogens is 1. The van der Waals surface area contributed by atoms with Crippen molar-refractivity contribution in [3.63, 3.8) is 0 Å². The lowest BCUT2D eigenvalue weighted by Gasteiger charge is -2.29. The highest BCUT2D eigenvalue weighted by Crippen LogP contribution is 2.17. The highest BCUT2D eigenvalue weighted by Gasteiger charge is 2.24. The lowest BCUT2D eigenvalue weighted by atomic mass is 10.2. The summed E-state index contributed by atoms with van der Waals surface area (Å²) in [6, 6.07) is -0.292. The first-order valence-electron chi connectivity index (χ1n) is 5.80. The lowest BCUT2D eigenvalue weighted by molar-refractivity contribution is -0.135. The van der Waals surface area contributed by atoms with Crippen molar-refractivity contribution in [2.75, 3.05) is 26.2 Å². The van der Waals surface area contributed by atoms with Crippen molar-refractivity contribution < 1.29 is 4.79 Å². The van der Waals surface area contributed by atoms with Crippen LogP contribution in [0.15, 0.2) is 6.20 Å². The first-order chi connectivity index (χ1) is 8.09. The van der Waals surface area contributed by atoms with E-state index in [4.69, 9.17) is 11.6 Å². The summed E-state index contributed by atoms with van der Waals surface area (Å²) in [7, 11) is 0. The summed E-state index contributed by atoms with van der Waals surface area (Å²) in [4.78, 5) is 14.1.